The molecule has 6 heteroatoms. The van der Waals surface area contributed by atoms with E-state index in [-0.39, 0.29) is 5.56 Å². The number of halogens is 3. The molecule has 0 aliphatic rings. The Kier molecular flexibility index (Phi) is 5.56. The summed E-state index contributed by atoms with van der Waals surface area (Å²) in [5, 5.41) is 9.28. The van der Waals surface area contributed by atoms with E-state index in [4.69, 9.17) is 0 Å². The maximum absolute atomic E-state index is 13.0. The standard InChI is InChI=1S/C14H18F3NO2/c1-3-4-9-18(2)12(13(19)20)10-7-5-6-8-11(10)14(15,16)17/h5-8,12H,3-4,9H2,1-2H3,(H,19,20). The fraction of sp³-hybridized carbons (Fsp3) is 0.500. The average Bonchev–Trinajstić information content (AvgIpc) is 2.35. The molecule has 1 rings (SSSR count). The summed E-state index contributed by atoms with van der Waals surface area (Å²) >= 11 is 0. The summed E-state index contributed by atoms with van der Waals surface area (Å²) in [4.78, 5) is 12.8. The molecule has 0 radical (unpaired) electrons. The fourth-order valence-corrected chi connectivity index (χ4v) is 2.09. The molecule has 0 bridgehead atoms. The minimum atomic E-state index is -4.56. The molecule has 1 aromatic carbocycles. The van der Waals surface area contributed by atoms with Gasteiger partial charge in [0.15, 0.2) is 0 Å². The van der Waals surface area contributed by atoms with Gasteiger partial charge in [-0.1, -0.05) is 31.5 Å². The smallest absolute Gasteiger partial charge is 0.416 e. The molecule has 0 aliphatic carbocycles. The number of alkyl halides is 3. The zero-order valence-corrected chi connectivity index (χ0v) is 11.4. The number of rotatable bonds is 6. The Balaban J connectivity index is 3.19. The van der Waals surface area contributed by atoms with Crippen LogP contribution in [0.3, 0.4) is 0 Å². The van der Waals surface area contributed by atoms with E-state index in [0.29, 0.717) is 6.54 Å². The lowest BCUT2D eigenvalue weighted by Gasteiger charge is -2.27. The third-order valence-electron chi connectivity index (χ3n) is 3.10. The van der Waals surface area contributed by atoms with Crippen LogP contribution in [0.1, 0.15) is 36.9 Å². The summed E-state index contributed by atoms with van der Waals surface area (Å²) in [5.41, 5.74) is -1.11. The molecule has 3 nitrogen and oxygen atoms in total. The van der Waals surface area contributed by atoms with E-state index in [2.05, 4.69) is 0 Å². The molecule has 20 heavy (non-hydrogen) atoms. The van der Waals surface area contributed by atoms with E-state index in [0.717, 1.165) is 18.9 Å². The van der Waals surface area contributed by atoms with Gasteiger partial charge in [0.2, 0.25) is 0 Å². The monoisotopic (exact) mass is 289 g/mol. The number of hydrogen-bond donors (Lipinski definition) is 1. The quantitative estimate of drug-likeness (QED) is 0.870. The Labute approximate surface area is 116 Å². The molecule has 1 unspecified atom stereocenters. The maximum atomic E-state index is 13.0. The van der Waals surface area contributed by atoms with Crippen LogP contribution >= 0.6 is 0 Å². The number of likely N-dealkylation sites (N-methyl/N-ethyl adjacent to an activating group) is 1. The lowest BCUT2D eigenvalue weighted by atomic mass is 9.98. The summed E-state index contributed by atoms with van der Waals surface area (Å²) in [6.07, 6.45) is -2.98. The summed E-state index contributed by atoms with van der Waals surface area (Å²) in [7, 11) is 1.53. The third-order valence-corrected chi connectivity index (χ3v) is 3.10. The van der Waals surface area contributed by atoms with Crippen LogP contribution in [0.2, 0.25) is 0 Å². The van der Waals surface area contributed by atoms with E-state index in [9.17, 15) is 23.1 Å². The first-order valence-corrected chi connectivity index (χ1v) is 6.38. The molecule has 1 aromatic rings. The highest BCUT2D eigenvalue weighted by atomic mass is 19.4. The van der Waals surface area contributed by atoms with Gasteiger partial charge in [0.1, 0.15) is 6.04 Å². The van der Waals surface area contributed by atoms with Crippen molar-refractivity contribution in [2.24, 2.45) is 0 Å². The maximum Gasteiger partial charge on any atom is 0.416 e. The molecule has 0 saturated carbocycles. The molecule has 1 atom stereocenters. The molecule has 1 N–H and O–H groups in total. The molecule has 0 fully saturated rings. The average molecular weight is 289 g/mol. The Hall–Kier alpha value is -1.56. The first-order chi connectivity index (χ1) is 9.29. The number of carboxylic acid groups (broad SMARTS) is 1. The van der Waals surface area contributed by atoms with Crippen molar-refractivity contribution in [3.8, 4) is 0 Å². The van der Waals surface area contributed by atoms with Gasteiger partial charge in [-0.25, -0.2) is 0 Å². The molecular formula is C14H18F3NO2. The molecule has 0 amide bonds. The summed E-state index contributed by atoms with van der Waals surface area (Å²) < 4.78 is 38.9. The van der Waals surface area contributed by atoms with Crippen LogP contribution in [0.4, 0.5) is 13.2 Å². The van der Waals surface area contributed by atoms with Gasteiger partial charge >= 0.3 is 12.1 Å². The van der Waals surface area contributed by atoms with E-state index in [1.54, 1.807) is 0 Å². The van der Waals surface area contributed by atoms with Crippen LogP contribution in [-0.2, 0) is 11.0 Å². The van der Waals surface area contributed by atoms with E-state index in [1.807, 2.05) is 6.92 Å². The molecule has 0 aromatic heterocycles. The predicted octanol–water partition coefficient (Wildman–Crippen LogP) is 3.56. The molecule has 112 valence electrons. The van der Waals surface area contributed by atoms with Crippen molar-refractivity contribution in [3.63, 3.8) is 0 Å². The Morgan fingerprint density at radius 3 is 2.45 bits per heavy atom. The van der Waals surface area contributed by atoms with Crippen LogP contribution < -0.4 is 0 Å². The van der Waals surface area contributed by atoms with Gasteiger partial charge in [0, 0.05) is 0 Å². The van der Waals surface area contributed by atoms with Gasteiger partial charge in [-0.15, -0.1) is 0 Å². The number of aliphatic carboxylic acids is 1. The van der Waals surface area contributed by atoms with Gasteiger partial charge in [-0.3, -0.25) is 9.69 Å². The lowest BCUT2D eigenvalue weighted by Crippen LogP contribution is -2.33. The van der Waals surface area contributed by atoms with Crippen LogP contribution in [-0.4, -0.2) is 29.6 Å². The molecule has 0 aliphatic heterocycles. The third kappa shape index (κ3) is 3.96. The highest BCUT2D eigenvalue weighted by Crippen LogP contribution is 2.36. The Morgan fingerprint density at radius 1 is 1.35 bits per heavy atom. The van der Waals surface area contributed by atoms with Crippen molar-refractivity contribution >= 4 is 5.97 Å². The second-order valence-electron chi connectivity index (χ2n) is 4.66. The van der Waals surface area contributed by atoms with Crippen molar-refractivity contribution in [3.05, 3.63) is 35.4 Å². The number of carboxylic acids is 1. The largest absolute Gasteiger partial charge is 0.480 e. The Bertz CT molecular complexity index is 460. The number of unbranched alkanes of at least 4 members (excludes halogenated alkanes) is 1. The van der Waals surface area contributed by atoms with E-state index < -0.39 is 23.8 Å². The minimum absolute atomic E-state index is 0.217. The summed E-state index contributed by atoms with van der Waals surface area (Å²) in [6.45, 7) is 2.37. The number of hydrogen-bond acceptors (Lipinski definition) is 2. The zero-order valence-electron chi connectivity index (χ0n) is 11.4. The topological polar surface area (TPSA) is 40.5 Å². The number of benzene rings is 1. The van der Waals surface area contributed by atoms with Crippen LogP contribution in [0.15, 0.2) is 24.3 Å². The molecular weight excluding hydrogens is 271 g/mol. The Morgan fingerprint density at radius 2 is 1.95 bits per heavy atom. The minimum Gasteiger partial charge on any atom is -0.480 e. The normalized spacial score (nSPS) is 13.5. The zero-order chi connectivity index (χ0) is 15.3. The molecule has 0 saturated heterocycles. The lowest BCUT2D eigenvalue weighted by molar-refractivity contribution is -0.145. The van der Waals surface area contributed by atoms with Gasteiger partial charge in [0.25, 0.3) is 0 Å². The SMILES string of the molecule is CCCCN(C)C(C(=O)O)c1ccccc1C(F)(F)F. The van der Waals surface area contributed by atoms with Crippen molar-refractivity contribution in [1.29, 1.82) is 0 Å². The first kappa shape index (κ1) is 16.5. The summed E-state index contributed by atoms with van der Waals surface area (Å²) in [5.74, 6) is -1.28. The van der Waals surface area contributed by atoms with Gasteiger partial charge in [-0.2, -0.15) is 13.2 Å². The van der Waals surface area contributed by atoms with Crippen molar-refractivity contribution in [1.82, 2.24) is 4.90 Å². The van der Waals surface area contributed by atoms with Crippen molar-refractivity contribution < 1.29 is 23.1 Å². The highest BCUT2D eigenvalue weighted by Gasteiger charge is 2.37. The fourth-order valence-electron chi connectivity index (χ4n) is 2.09. The van der Waals surface area contributed by atoms with Crippen LogP contribution in [0, 0.1) is 0 Å². The second-order valence-corrected chi connectivity index (χ2v) is 4.66. The van der Waals surface area contributed by atoms with Gasteiger partial charge < -0.3 is 5.11 Å². The predicted molar refractivity (Wildman–Crippen MR) is 69.4 cm³/mol. The number of carbonyl (C=O) groups is 1. The van der Waals surface area contributed by atoms with Gasteiger partial charge in [-0.05, 0) is 31.6 Å². The second kappa shape index (κ2) is 6.74. The molecule has 0 spiro atoms. The number of nitrogens with zero attached hydrogens (tertiary/aromatic N) is 1. The van der Waals surface area contributed by atoms with Gasteiger partial charge in [0.05, 0.1) is 5.56 Å². The van der Waals surface area contributed by atoms with Crippen molar-refractivity contribution in [2.45, 2.75) is 32.0 Å². The van der Waals surface area contributed by atoms with E-state index in [1.165, 1.54) is 30.1 Å². The van der Waals surface area contributed by atoms with Crippen LogP contribution in [0.5, 0.6) is 0 Å². The van der Waals surface area contributed by atoms with Crippen LogP contribution in [0.25, 0.3) is 0 Å². The summed E-state index contributed by atoms with van der Waals surface area (Å²) in [6, 6.07) is 3.54. The molecule has 0 heterocycles. The van der Waals surface area contributed by atoms with E-state index >= 15 is 0 Å². The van der Waals surface area contributed by atoms with Crippen molar-refractivity contribution in [2.75, 3.05) is 13.6 Å². The first-order valence-electron chi connectivity index (χ1n) is 6.38. The highest BCUT2D eigenvalue weighted by molar-refractivity contribution is 5.76.